The van der Waals surface area contributed by atoms with Crippen LogP contribution in [0.5, 0.6) is 0 Å². The van der Waals surface area contributed by atoms with Crippen molar-refractivity contribution in [1.82, 2.24) is 0 Å². The van der Waals surface area contributed by atoms with E-state index in [-0.39, 0.29) is 5.82 Å². The molecule has 0 aromatic heterocycles. The molecule has 60 valence electrons. The van der Waals surface area contributed by atoms with E-state index in [0.717, 1.165) is 11.9 Å². The van der Waals surface area contributed by atoms with Crippen LogP contribution in [0, 0.1) is 5.82 Å². The molecule has 3 N–H and O–H groups in total. The maximum absolute atomic E-state index is 12.4. The molecule has 0 radical (unpaired) electrons. The fourth-order valence-corrected chi connectivity index (χ4v) is 2.21. The molecule has 1 nitrogen and oxygen atoms in total. The fraction of sp³-hybridized carbons (Fsp3) is 0.250. The van der Waals surface area contributed by atoms with Crippen molar-refractivity contribution in [3.8, 4) is 0 Å². The van der Waals surface area contributed by atoms with Crippen molar-refractivity contribution in [2.75, 3.05) is 6.54 Å². The third-order valence-electron chi connectivity index (χ3n) is 1.23. The Bertz CT molecular complexity index is 210. The van der Waals surface area contributed by atoms with Crippen molar-refractivity contribution >= 4 is 19.4 Å². The number of halogens is 1. The van der Waals surface area contributed by atoms with Crippen LogP contribution in [0.4, 0.5) is 4.39 Å². The van der Waals surface area contributed by atoms with E-state index in [9.17, 15) is 4.39 Å². The Kier molecular flexibility index (Phi) is 3.57. The second-order valence-electron chi connectivity index (χ2n) is 2.16. The van der Waals surface area contributed by atoms with Crippen molar-refractivity contribution in [2.24, 2.45) is 0 Å². The van der Waals surface area contributed by atoms with Crippen LogP contribution >= 0.6 is 0 Å². The van der Waals surface area contributed by atoms with E-state index in [4.69, 9.17) is 0 Å². The molecule has 0 unspecified atom stereocenters. The van der Waals surface area contributed by atoms with Crippen molar-refractivity contribution in [2.45, 2.75) is 5.32 Å². The van der Waals surface area contributed by atoms with Crippen LogP contribution in [0.25, 0.3) is 0 Å². The standard InChI is InChI=1S/C8H10FNSe/c9-7-1-3-8(4-2-7)11-6-5-10/h1-4H,5-6,10H2/p+1. The first-order valence-electron chi connectivity index (χ1n) is 3.50. The molecule has 0 heterocycles. The zero-order valence-corrected chi connectivity index (χ0v) is 7.93. The third kappa shape index (κ3) is 3.02. The van der Waals surface area contributed by atoms with E-state index in [1.54, 1.807) is 0 Å². The molecule has 0 aliphatic heterocycles. The molecule has 3 heteroatoms. The van der Waals surface area contributed by atoms with Gasteiger partial charge in [-0.05, 0) is 0 Å². The Balaban J connectivity index is 2.52. The second kappa shape index (κ2) is 4.50. The van der Waals surface area contributed by atoms with E-state index in [2.05, 4.69) is 5.73 Å². The number of benzene rings is 1. The number of hydrogen-bond donors (Lipinski definition) is 1. The molecule has 0 aliphatic rings. The van der Waals surface area contributed by atoms with Crippen LogP contribution in [-0.4, -0.2) is 21.5 Å². The first-order valence-corrected chi connectivity index (χ1v) is 5.57. The number of rotatable bonds is 3. The van der Waals surface area contributed by atoms with E-state index in [0.29, 0.717) is 15.0 Å². The fourth-order valence-electron chi connectivity index (χ4n) is 0.721. The van der Waals surface area contributed by atoms with Gasteiger partial charge in [-0.25, -0.2) is 0 Å². The summed E-state index contributed by atoms with van der Waals surface area (Å²) >= 11 is 0.482. The van der Waals surface area contributed by atoms with Crippen LogP contribution in [0.3, 0.4) is 0 Å². The van der Waals surface area contributed by atoms with Gasteiger partial charge in [0.2, 0.25) is 0 Å². The van der Waals surface area contributed by atoms with Gasteiger partial charge in [-0.3, -0.25) is 0 Å². The van der Waals surface area contributed by atoms with Gasteiger partial charge in [0.1, 0.15) is 0 Å². The third-order valence-corrected chi connectivity index (χ3v) is 3.53. The van der Waals surface area contributed by atoms with Crippen LogP contribution in [0.2, 0.25) is 5.32 Å². The van der Waals surface area contributed by atoms with Crippen molar-refractivity contribution in [1.29, 1.82) is 0 Å². The molecule has 1 aromatic carbocycles. The predicted octanol–water partition coefficient (Wildman–Crippen LogP) is -0.185. The first-order chi connectivity index (χ1) is 5.33. The molecule has 0 fully saturated rings. The summed E-state index contributed by atoms with van der Waals surface area (Å²) in [5.41, 5.74) is 3.76. The molecule has 0 amide bonds. The summed E-state index contributed by atoms with van der Waals surface area (Å²) in [6.07, 6.45) is 0. The van der Waals surface area contributed by atoms with Crippen molar-refractivity contribution in [3.05, 3.63) is 30.1 Å². The summed E-state index contributed by atoms with van der Waals surface area (Å²) in [5.74, 6) is -0.154. The van der Waals surface area contributed by atoms with Crippen LogP contribution < -0.4 is 10.2 Å². The Morgan fingerprint density at radius 2 is 1.91 bits per heavy atom. The summed E-state index contributed by atoms with van der Waals surface area (Å²) in [6, 6.07) is 6.73. The molecule has 0 saturated carbocycles. The van der Waals surface area contributed by atoms with Crippen LogP contribution in [0.15, 0.2) is 24.3 Å². The van der Waals surface area contributed by atoms with E-state index in [1.807, 2.05) is 12.1 Å². The SMILES string of the molecule is [NH3+]CC[Se]c1ccc(F)cc1. The molecular formula is C8H11FNSe+. The summed E-state index contributed by atoms with van der Waals surface area (Å²) < 4.78 is 13.7. The molecular weight excluding hydrogens is 208 g/mol. The minimum atomic E-state index is -0.154. The predicted molar refractivity (Wildman–Crippen MR) is 44.4 cm³/mol. The van der Waals surface area contributed by atoms with Crippen molar-refractivity contribution < 1.29 is 10.1 Å². The van der Waals surface area contributed by atoms with Gasteiger partial charge in [0.05, 0.1) is 0 Å². The van der Waals surface area contributed by atoms with Gasteiger partial charge < -0.3 is 0 Å². The summed E-state index contributed by atoms with van der Waals surface area (Å²) in [5, 5.41) is 1.14. The van der Waals surface area contributed by atoms with Crippen LogP contribution in [0.1, 0.15) is 0 Å². The molecule has 1 aromatic rings. The molecule has 0 atom stereocenters. The zero-order valence-electron chi connectivity index (χ0n) is 6.22. The summed E-state index contributed by atoms with van der Waals surface area (Å²) in [6.45, 7) is 0.970. The monoisotopic (exact) mass is 220 g/mol. The quantitative estimate of drug-likeness (QED) is 0.683. The van der Waals surface area contributed by atoms with Gasteiger partial charge in [-0.15, -0.1) is 0 Å². The summed E-state index contributed by atoms with van der Waals surface area (Å²) in [7, 11) is 0. The maximum atomic E-state index is 12.4. The zero-order chi connectivity index (χ0) is 8.10. The topological polar surface area (TPSA) is 27.6 Å². The molecule has 0 saturated heterocycles. The minimum absolute atomic E-state index is 0.154. The number of hydrogen-bond acceptors (Lipinski definition) is 0. The van der Waals surface area contributed by atoms with E-state index >= 15 is 0 Å². The van der Waals surface area contributed by atoms with Gasteiger partial charge in [0.25, 0.3) is 0 Å². The van der Waals surface area contributed by atoms with Gasteiger partial charge in [-0.2, -0.15) is 0 Å². The number of quaternary nitrogens is 1. The molecule has 0 aliphatic carbocycles. The molecule has 11 heavy (non-hydrogen) atoms. The Morgan fingerprint density at radius 1 is 1.27 bits per heavy atom. The van der Waals surface area contributed by atoms with Gasteiger partial charge in [0, 0.05) is 0 Å². The van der Waals surface area contributed by atoms with Gasteiger partial charge in [0.15, 0.2) is 0 Å². The summed E-state index contributed by atoms with van der Waals surface area (Å²) in [4.78, 5) is 0. The van der Waals surface area contributed by atoms with E-state index < -0.39 is 0 Å². The normalized spacial score (nSPS) is 10.0. The van der Waals surface area contributed by atoms with Crippen molar-refractivity contribution in [3.63, 3.8) is 0 Å². The Hall–Kier alpha value is -0.371. The average molecular weight is 219 g/mol. The average Bonchev–Trinajstić information content (AvgIpc) is 2.04. The Morgan fingerprint density at radius 3 is 2.45 bits per heavy atom. The first kappa shape index (κ1) is 8.72. The molecule has 0 bridgehead atoms. The van der Waals surface area contributed by atoms with Crippen LogP contribution in [-0.2, 0) is 0 Å². The molecule has 1 rings (SSSR count). The van der Waals surface area contributed by atoms with E-state index in [1.165, 1.54) is 16.6 Å². The van der Waals surface area contributed by atoms with Gasteiger partial charge in [-0.1, -0.05) is 0 Å². The Labute approximate surface area is 71.9 Å². The molecule has 0 spiro atoms. The van der Waals surface area contributed by atoms with Gasteiger partial charge >= 0.3 is 71.5 Å². The second-order valence-corrected chi connectivity index (χ2v) is 4.61.